The van der Waals surface area contributed by atoms with Gasteiger partial charge in [-0.1, -0.05) is 17.4 Å². The second-order valence-corrected chi connectivity index (χ2v) is 9.41. The molecule has 0 aliphatic heterocycles. The molecule has 0 atom stereocenters. The van der Waals surface area contributed by atoms with Gasteiger partial charge >= 0.3 is 0 Å². The van der Waals surface area contributed by atoms with Crippen molar-refractivity contribution in [1.82, 2.24) is 4.98 Å². The smallest absolute Gasteiger partial charge is 0.230 e. The van der Waals surface area contributed by atoms with Gasteiger partial charge in [-0.25, -0.2) is 4.98 Å². The van der Waals surface area contributed by atoms with Crippen molar-refractivity contribution in [3.05, 3.63) is 71.7 Å². The van der Waals surface area contributed by atoms with Gasteiger partial charge in [-0.05, 0) is 67.4 Å². The molecule has 0 saturated carbocycles. The number of carbonyl (C=O) groups is 1. The summed E-state index contributed by atoms with van der Waals surface area (Å²) < 4.78 is 11.8. The molecule has 2 heterocycles. The molecule has 0 unspecified atom stereocenters. The molecular weight excluding hydrogens is 428 g/mol. The zero-order valence-electron chi connectivity index (χ0n) is 17.8. The summed E-state index contributed by atoms with van der Waals surface area (Å²) in [6.45, 7) is 4.52. The Morgan fingerprint density at radius 2 is 2.00 bits per heavy atom. The lowest BCUT2D eigenvalue weighted by Gasteiger charge is -2.18. The first-order valence-electron chi connectivity index (χ1n) is 10.0. The summed E-state index contributed by atoms with van der Waals surface area (Å²) >= 11 is 3.21. The van der Waals surface area contributed by atoms with E-state index in [-0.39, 0.29) is 5.91 Å². The van der Waals surface area contributed by atoms with Crippen molar-refractivity contribution in [1.29, 1.82) is 0 Å². The molecule has 0 fully saturated rings. The number of thiazole rings is 1. The fraction of sp³-hybridized carbons (Fsp3) is 0.250. The first-order valence-corrected chi connectivity index (χ1v) is 11.8. The molecule has 2 aromatic heterocycles. The van der Waals surface area contributed by atoms with Crippen LogP contribution in [-0.2, 0) is 11.3 Å². The van der Waals surface area contributed by atoms with Crippen molar-refractivity contribution >= 4 is 44.4 Å². The molecule has 0 N–H and O–H groups in total. The number of nitrogens with zero attached hydrogens (tertiary/aromatic N) is 2. The molecular formula is C24H24N2O3S2. The molecule has 0 aliphatic carbocycles. The molecule has 0 radical (unpaired) electrons. The summed E-state index contributed by atoms with van der Waals surface area (Å²) in [6.07, 6.45) is 2.04. The second-order valence-electron chi connectivity index (χ2n) is 7.26. The van der Waals surface area contributed by atoms with Crippen LogP contribution in [0.15, 0.2) is 64.1 Å². The van der Waals surface area contributed by atoms with Crippen LogP contribution >= 0.6 is 23.1 Å². The van der Waals surface area contributed by atoms with E-state index in [1.807, 2.05) is 36.4 Å². The van der Waals surface area contributed by atoms with E-state index >= 15 is 0 Å². The first-order chi connectivity index (χ1) is 15.0. The van der Waals surface area contributed by atoms with E-state index < -0.39 is 0 Å². The molecule has 0 saturated heterocycles. The van der Waals surface area contributed by atoms with Gasteiger partial charge in [0.05, 0.1) is 30.1 Å². The quantitative estimate of drug-likeness (QED) is 0.297. The molecule has 7 heteroatoms. The summed E-state index contributed by atoms with van der Waals surface area (Å²) in [5, 5.41) is 0.708. The van der Waals surface area contributed by atoms with Gasteiger partial charge in [-0.15, -0.1) is 11.8 Å². The summed E-state index contributed by atoms with van der Waals surface area (Å²) in [7, 11) is 1.65. The number of fused-ring (bicyclic) bond motifs is 1. The summed E-state index contributed by atoms with van der Waals surface area (Å²) in [6, 6.07) is 15.8. The fourth-order valence-electron chi connectivity index (χ4n) is 3.36. The molecule has 0 aliphatic rings. The van der Waals surface area contributed by atoms with Gasteiger partial charge in [0.1, 0.15) is 11.5 Å². The Kier molecular flexibility index (Phi) is 6.63. The number of rotatable bonds is 8. The normalized spacial score (nSPS) is 11.1. The van der Waals surface area contributed by atoms with E-state index in [1.54, 1.807) is 41.4 Å². The third-order valence-corrected chi connectivity index (χ3v) is 7.12. The van der Waals surface area contributed by atoms with E-state index in [4.69, 9.17) is 14.1 Å². The predicted molar refractivity (Wildman–Crippen MR) is 127 cm³/mol. The fourth-order valence-corrected chi connectivity index (χ4v) is 5.24. The van der Waals surface area contributed by atoms with E-state index in [9.17, 15) is 4.79 Å². The van der Waals surface area contributed by atoms with Crippen molar-refractivity contribution in [2.24, 2.45) is 0 Å². The number of benzene rings is 2. The number of hydrogen-bond acceptors (Lipinski definition) is 6. The van der Waals surface area contributed by atoms with Crippen LogP contribution in [0.2, 0.25) is 0 Å². The molecule has 0 spiro atoms. The minimum absolute atomic E-state index is 0.0332. The maximum Gasteiger partial charge on any atom is 0.230 e. The number of methoxy groups -OCH3 is 1. The van der Waals surface area contributed by atoms with Crippen LogP contribution in [0.4, 0.5) is 5.13 Å². The van der Waals surface area contributed by atoms with Gasteiger partial charge in [0.2, 0.25) is 5.91 Å². The number of thioether (sulfide) groups is 1. The van der Waals surface area contributed by atoms with Crippen molar-refractivity contribution < 1.29 is 13.9 Å². The molecule has 31 heavy (non-hydrogen) atoms. The van der Waals surface area contributed by atoms with Crippen molar-refractivity contribution in [3.63, 3.8) is 0 Å². The Labute approximate surface area is 190 Å². The van der Waals surface area contributed by atoms with Crippen molar-refractivity contribution in [3.8, 4) is 5.75 Å². The van der Waals surface area contributed by atoms with Gasteiger partial charge in [-0.3, -0.25) is 9.69 Å². The Morgan fingerprint density at radius 1 is 1.19 bits per heavy atom. The number of ether oxygens (including phenoxy) is 1. The van der Waals surface area contributed by atoms with Crippen LogP contribution < -0.4 is 9.64 Å². The predicted octanol–water partition coefficient (Wildman–Crippen LogP) is 6.23. The van der Waals surface area contributed by atoms with E-state index in [0.29, 0.717) is 23.8 Å². The molecule has 4 aromatic rings. The maximum absolute atomic E-state index is 13.2. The lowest BCUT2D eigenvalue weighted by molar-refractivity contribution is -0.118. The van der Waals surface area contributed by atoms with Gasteiger partial charge in [0, 0.05) is 17.1 Å². The maximum atomic E-state index is 13.2. The number of aryl methyl sites for hydroxylation is 2. The minimum atomic E-state index is 0.0332. The highest BCUT2D eigenvalue weighted by Gasteiger charge is 2.21. The minimum Gasteiger partial charge on any atom is -0.497 e. The molecule has 1 amide bonds. The van der Waals surface area contributed by atoms with E-state index in [1.165, 1.54) is 11.1 Å². The summed E-state index contributed by atoms with van der Waals surface area (Å²) in [5.74, 6) is 2.28. The van der Waals surface area contributed by atoms with Gasteiger partial charge in [0.15, 0.2) is 5.13 Å². The Morgan fingerprint density at radius 3 is 2.71 bits per heavy atom. The largest absolute Gasteiger partial charge is 0.497 e. The highest BCUT2D eigenvalue weighted by atomic mass is 32.2. The second kappa shape index (κ2) is 9.58. The molecule has 160 valence electrons. The standard InChI is InChI=1S/C24H24N2O3S2/c1-16-13-17(2)23-21(14-16)25-24(31-23)26(15-19-5-4-11-29-19)22(27)10-12-30-20-8-6-18(28-3)7-9-20/h4-9,11,13-14H,10,12,15H2,1-3H3. The van der Waals surface area contributed by atoms with Crippen molar-refractivity contribution in [2.75, 3.05) is 17.8 Å². The van der Waals surface area contributed by atoms with Crippen LogP contribution in [-0.4, -0.2) is 23.8 Å². The number of hydrogen-bond donors (Lipinski definition) is 0. The number of furan rings is 1. The number of anilines is 1. The van der Waals surface area contributed by atoms with Crippen LogP contribution in [0.25, 0.3) is 10.2 Å². The highest BCUT2D eigenvalue weighted by molar-refractivity contribution is 7.99. The zero-order chi connectivity index (χ0) is 21.8. The lowest BCUT2D eigenvalue weighted by atomic mass is 10.1. The number of aromatic nitrogens is 1. The number of amides is 1. The van der Waals surface area contributed by atoms with Crippen LogP contribution in [0.5, 0.6) is 5.75 Å². The topological polar surface area (TPSA) is 55.6 Å². The molecule has 0 bridgehead atoms. The highest BCUT2D eigenvalue weighted by Crippen LogP contribution is 2.33. The van der Waals surface area contributed by atoms with Gasteiger partial charge in [0.25, 0.3) is 0 Å². The Bertz CT molecular complexity index is 1170. The average Bonchev–Trinajstić information content (AvgIpc) is 3.42. The Balaban J connectivity index is 1.51. The van der Waals surface area contributed by atoms with Gasteiger partial charge < -0.3 is 9.15 Å². The summed E-state index contributed by atoms with van der Waals surface area (Å²) in [4.78, 5) is 20.8. The van der Waals surface area contributed by atoms with E-state index in [2.05, 4.69) is 26.0 Å². The monoisotopic (exact) mass is 452 g/mol. The molecule has 4 rings (SSSR count). The van der Waals surface area contributed by atoms with Crippen LogP contribution in [0, 0.1) is 13.8 Å². The van der Waals surface area contributed by atoms with Crippen LogP contribution in [0.3, 0.4) is 0 Å². The van der Waals surface area contributed by atoms with Crippen LogP contribution in [0.1, 0.15) is 23.3 Å². The Hall–Kier alpha value is -2.77. The first kappa shape index (κ1) is 21.5. The lowest BCUT2D eigenvalue weighted by Crippen LogP contribution is -2.30. The third-order valence-electron chi connectivity index (χ3n) is 4.88. The molecule has 5 nitrogen and oxygen atoms in total. The van der Waals surface area contributed by atoms with Gasteiger partial charge in [-0.2, -0.15) is 0 Å². The third kappa shape index (κ3) is 5.11. The zero-order valence-corrected chi connectivity index (χ0v) is 19.4. The SMILES string of the molecule is COc1ccc(SCCC(=O)N(Cc2ccco2)c2nc3cc(C)cc(C)c3s2)cc1. The summed E-state index contributed by atoms with van der Waals surface area (Å²) in [5.41, 5.74) is 3.28. The molecule has 2 aromatic carbocycles. The average molecular weight is 453 g/mol. The number of carbonyl (C=O) groups excluding carboxylic acids is 1. The van der Waals surface area contributed by atoms with Crippen molar-refractivity contribution in [2.45, 2.75) is 31.7 Å². The van der Waals surface area contributed by atoms with E-state index in [0.717, 1.165) is 26.6 Å².